The van der Waals surface area contributed by atoms with Gasteiger partial charge in [0.2, 0.25) is 0 Å². The van der Waals surface area contributed by atoms with Crippen molar-refractivity contribution in [2.24, 2.45) is 22.1 Å². The first-order chi connectivity index (χ1) is 8.28. The average Bonchev–Trinajstić information content (AvgIpc) is 2.73. The molecule has 0 bridgehead atoms. The fourth-order valence-corrected chi connectivity index (χ4v) is 3.73. The Balaban J connectivity index is 0.00000120. The standard InChI is InChI=1S/C14H25N3.HI/c15-13(16-10-11-4-3-5-11)17-12-6-9-14(12)7-1-2-8-14;/h11-12H,1-10H2,(H3,15,16,17);1H. The van der Waals surface area contributed by atoms with Crippen molar-refractivity contribution in [1.82, 2.24) is 5.32 Å². The van der Waals surface area contributed by atoms with Gasteiger partial charge in [0.1, 0.15) is 0 Å². The highest BCUT2D eigenvalue weighted by Crippen LogP contribution is 2.53. The number of hydrogen-bond acceptors (Lipinski definition) is 1. The highest BCUT2D eigenvalue weighted by atomic mass is 127. The van der Waals surface area contributed by atoms with Gasteiger partial charge < -0.3 is 11.1 Å². The van der Waals surface area contributed by atoms with Crippen LogP contribution in [0.4, 0.5) is 0 Å². The Morgan fingerprint density at radius 3 is 2.33 bits per heavy atom. The zero-order valence-electron chi connectivity index (χ0n) is 11.2. The molecule has 4 heteroatoms. The summed E-state index contributed by atoms with van der Waals surface area (Å²) >= 11 is 0. The monoisotopic (exact) mass is 363 g/mol. The van der Waals surface area contributed by atoms with Crippen molar-refractivity contribution in [2.75, 3.05) is 6.54 Å². The van der Waals surface area contributed by atoms with Gasteiger partial charge >= 0.3 is 0 Å². The van der Waals surface area contributed by atoms with Gasteiger partial charge in [0, 0.05) is 12.6 Å². The minimum atomic E-state index is 0. The third kappa shape index (κ3) is 2.78. The molecule has 0 amide bonds. The van der Waals surface area contributed by atoms with Crippen molar-refractivity contribution in [3.63, 3.8) is 0 Å². The third-order valence-corrected chi connectivity index (χ3v) is 5.34. The summed E-state index contributed by atoms with van der Waals surface area (Å²) in [4.78, 5) is 4.51. The van der Waals surface area contributed by atoms with Gasteiger partial charge in [-0.3, -0.25) is 4.99 Å². The van der Waals surface area contributed by atoms with E-state index in [2.05, 4.69) is 10.3 Å². The van der Waals surface area contributed by atoms with Gasteiger partial charge in [-0.15, -0.1) is 24.0 Å². The first-order valence-corrected chi connectivity index (χ1v) is 7.35. The molecule has 1 atom stereocenters. The number of guanidine groups is 1. The second-order valence-corrected chi connectivity index (χ2v) is 6.33. The van der Waals surface area contributed by atoms with E-state index in [1.165, 1.54) is 57.8 Å². The molecule has 3 aliphatic carbocycles. The summed E-state index contributed by atoms with van der Waals surface area (Å²) in [5.41, 5.74) is 6.59. The molecule has 18 heavy (non-hydrogen) atoms. The lowest BCUT2D eigenvalue weighted by molar-refractivity contribution is 0.0871. The molecule has 3 fully saturated rings. The molecule has 0 radical (unpaired) electrons. The Hall–Kier alpha value is 0. The van der Waals surface area contributed by atoms with E-state index in [4.69, 9.17) is 5.73 Å². The highest BCUT2D eigenvalue weighted by Gasteiger charge is 2.48. The number of aliphatic imine (C=N–C) groups is 1. The first kappa shape index (κ1) is 14.4. The number of nitrogens with two attached hydrogens (primary N) is 1. The van der Waals surface area contributed by atoms with Crippen LogP contribution in [0.5, 0.6) is 0 Å². The second kappa shape index (κ2) is 5.97. The summed E-state index contributed by atoms with van der Waals surface area (Å²) in [5.74, 6) is 1.52. The Kier molecular flexibility index (Phi) is 4.78. The fourth-order valence-electron chi connectivity index (χ4n) is 3.73. The van der Waals surface area contributed by atoms with Crippen LogP contribution in [0.3, 0.4) is 0 Å². The van der Waals surface area contributed by atoms with Crippen molar-refractivity contribution < 1.29 is 0 Å². The quantitative estimate of drug-likeness (QED) is 0.460. The maximum atomic E-state index is 6.00. The van der Waals surface area contributed by atoms with Gasteiger partial charge in [-0.2, -0.15) is 0 Å². The summed E-state index contributed by atoms with van der Waals surface area (Å²) in [6.45, 7) is 0.943. The molecule has 0 aromatic heterocycles. The van der Waals surface area contributed by atoms with E-state index in [1.54, 1.807) is 0 Å². The molecule has 3 rings (SSSR count). The van der Waals surface area contributed by atoms with Gasteiger partial charge in [0.15, 0.2) is 5.96 Å². The number of nitrogens with zero attached hydrogens (tertiary/aromatic N) is 1. The van der Waals surface area contributed by atoms with Crippen LogP contribution in [0.2, 0.25) is 0 Å². The van der Waals surface area contributed by atoms with Crippen molar-refractivity contribution in [3.05, 3.63) is 0 Å². The zero-order chi connectivity index (χ0) is 11.7. The van der Waals surface area contributed by atoms with Crippen molar-refractivity contribution in [1.29, 1.82) is 0 Å². The predicted molar refractivity (Wildman–Crippen MR) is 86.3 cm³/mol. The Morgan fingerprint density at radius 2 is 1.83 bits per heavy atom. The molecular weight excluding hydrogens is 337 g/mol. The van der Waals surface area contributed by atoms with E-state index in [0.717, 1.165) is 12.5 Å². The van der Waals surface area contributed by atoms with Crippen molar-refractivity contribution in [3.8, 4) is 0 Å². The number of nitrogens with one attached hydrogen (secondary N) is 1. The SMILES string of the molecule is I.NC(=NCC1CCC1)NC1CCC12CCCC2. The summed E-state index contributed by atoms with van der Waals surface area (Å²) in [7, 11) is 0. The lowest BCUT2D eigenvalue weighted by atomic mass is 9.63. The molecule has 1 spiro atoms. The summed E-state index contributed by atoms with van der Waals surface area (Å²) in [5, 5.41) is 3.48. The molecule has 0 aromatic rings. The summed E-state index contributed by atoms with van der Waals surface area (Å²) in [6, 6.07) is 0.621. The van der Waals surface area contributed by atoms with Crippen LogP contribution < -0.4 is 11.1 Å². The largest absolute Gasteiger partial charge is 0.370 e. The van der Waals surface area contributed by atoms with E-state index >= 15 is 0 Å². The van der Waals surface area contributed by atoms with E-state index in [0.29, 0.717) is 17.4 Å². The fraction of sp³-hybridized carbons (Fsp3) is 0.929. The minimum Gasteiger partial charge on any atom is -0.370 e. The van der Waals surface area contributed by atoms with Crippen molar-refractivity contribution in [2.45, 2.75) is 63.8 Å². The van der Waals surface area contributed by atoms with E-state index < -0.39 is 0 Å². The molecule has 3 aliphatic rings. The second-order valence-electron chi connectivity index (χ2n) is 6.33. The predicted octanol–water partition coefficient (Wildman–Crippen LogP) is 3.03. The van der Waals surface area contributed by atoms with Crippen LogP contribution in [0.1, 0.15) is 57.8 Å². The molecule has 0 saturated heterocycles. The van der Waals surface area contributed by atoms with Gasteiger partial charge in [0.25, 0.3) is 0 Å². The Bertz CT molecular complexity index is 306. The minimum absolute atomic E-state index is 0. The van der Waals surface area contributed by atoms with Crippen molar-refractivity contribution >= 4 is 29.9 Å². The molecule has 3 nitrogen and oxygen atoms in total. The van der Waals surface area contributed by atoms with Crippen LogP contribution in [0.15, 0.2) is 4.99 Å². The van der Waals surface area contributed by atoms with Crippen LogP contribution in [-0.4, -0.2) is 18.5 Å². The topological polar surface area (TPSA) is 50.4 Å². The molecule has 0 aromatic carbocycles. The molecule has 3 N–H and O–H groups in total. The highest BCUT2D eigenvalue weighted by molar-refractivity contribution is 14.0. The van der Waals surface area contributed by atoms with E-state index in [9.17, 15) is 0 Å². The van der Waals surface area contributed by atoms with Gasteiger partial charge in [-0.1, -0.05) is 19.3 Å². The smallest absolute Gasteiger partial charge is 0.188 e. The molecule has 0 aliphatic heterocycles. The molecule has 3 saturated carbocycles. The van der Waals surface area contributed by atoms with Crippen LogP contribution in [0, 0.1) is 11.3 Å². The van der Waals surface area contributed by atoms with Crippen LogP contribution in [-0.2, 0) is 0 Å². The molecule has 1 unspecified atom stereocenters. The third-order valence-electron chi connectivity index (χ3n) is 5.34. The molecular formula is C14H26IN3. The lowest BCUT2D eigenvalue weighted by Gasteiger charge is -2.48. The maximum Gasteiger partial charge on any atom is 0.188 e. The van der Waals surface area contributed by atoms with Crippen LogP contribution in [0.25, 0.3) is 0 Å². The summed E-state index contributed by atoms with van der Waals surface area (Å²) in [6.07, 6.45) is 12.4. The average molecular weight is 363 g/mol. The first-order valence-electron chi connectivity index (χ1n) is 7.35. The van der Waals surface area contributed by atoms with Gasteiger partial charge in [-0.05, 0) is 49.9 Å². The Labute approximate surface area is 127 Å². The van der Waals surface area contributed by atoms with E-state index in [-0.39, 0.29) is 24.0 Å². The maximum absolute atomic E-state index is 6.00. The zero-order valence-corrected chi connectivity index (χ0v) is 13.5. The lowest BCUT2D eigenvalue weighted by Crippen LogP contribution is -2.55. The number of halogens is 1. The number of hydrogen-bond donors (Lipinski definition) is 2. The molecule has 0 heterocycles. The molecule has 104 valence electrons. The number of rotatable bonds is 3. The Morgan fingerprint density at radius 1 is 1.11 bits per heavy atom. The normalized spacial score (nSPS) is 30.4. The van der Waals surface area contributed by atoms with E-state index in [1.807, 2.05) is 0 Å². The van der Waals surface area contributed by atoms with Gasteiger partial charge in [-0.25, -0.2) is 0 Å². The van der Waals surface area contributed by atoms with Gasteiger partial charge in [0.05, 0.1) is 0 Å². The summed E-state index contributed by atoms with van der Waals surface area (Å²) < 4.78 is 0. The van der Waals surface area contributed by atoms with Crippen LogP contribution >= 0.6 is 24.0 Å².